The lowest BCUT2D eigenvalue weighted by Gasteiger charge is -2.36. The van der Waals surface area contributed by atoms with Gasteiger partial charge >= 0.3 is 18.0 Å². The molecule has 0 radical (unpaired) electrons. The molecule has 22 heavy (non-hydrogen) atoms. The molecule has 0 aromatic rings. The molecule has 0 spiro atoms. The number of halogens is 8. The van der Waals surface area contributed by atoms with Crippen molar-refractivity contribution in [2.24, 2.45) is 5.92 Å². The molecule has 0 aliphatic heterocycles. The summed E-state index contributed by atoms with van der Waals surface area (Å²) in [5, 5.41) is 0. The third-order valence-electron chi connectivity index (χ3n) is 3.70. The van der Waals surface area contributed by atoms with Crippen molar-refractivity contribution >= 4 is 22.6 Å². The highest BCUT2D eigenvalue weighted by Crippen LogP contribution is 2.52. The molecule has 0 amide bonds. The van der Waals surface area contributed by atoms with Crippen molar-refractivity contribution in [2.45, 2.75) is 80.7 Å². The van der Waals surface area contributed by atoms with Crippen molar-refractivity contribution in [3.8, 4) is 0 Å². The van der Waals surface area contributed by atoms with E-state index in [0.29, 0.717) is 6.42 Å². The van der Waals surface area contributed by atoms with Crippen molar-refractivity contribution < 1.29 is 30.7 Å². The molecule has 0 nitrogen and oxygen atoms in total. The summed E-state index contributed by atoms with van der Waals surface area (Å²) < 4.78 is 89.6. The first-order valence-corrected chi connectivity index (χ1v) is 8.64. The van der Waals surface area contributed by atoms with E-state index in [9.17, 15) is 30.7 Å². The lowest BCUT2D eigenvalue weighted by molar-refractivity contribution is -0.365. The molecule has 0 saturated heterocycles. The minimum absolute atomic E-state index is 0.215. The van der Waals surface area contributed by atoms with Crippen LogP contribution in [0.4, 0.5) is 30.7 Å². The number of hydrogen-bond donors (Lipinski definition) is 0. The molecule has 0 N–H and O–H groups in total. The molecule has 0 rings (SSSR count). The topological polar surface area (TPSA) is 0 Å². The second kappa shape index (κ2) is 8.92. The van der Waals surface area contributed by atoms with Gasteiger partial charge in [0.15, 0.2) is 0 Å². The molecule has 0 aromatic carbocycles. The van der Waals surface area contributed by atoms with Gasteiger partial charge in [0.05, 0.1) is 0 Å². The summed E-state index contributed by atoms with van der Waals surface area (Å²) in [5.74, 6) is -13.1. The summed E-state index contributed by atoms with van der Waals surface area (Å²) in [7, 11) is 0. The van der Waals surface area contributed by atoms with Crippen molar-refractivity contribution in [3.63, 3.8) is 0 Å². The van der Waals surface area contributed by atoms with E-state index in [1.54, 1.807) is 22.6 Å². The van der Waals surface area contributed by atoms with Crippen LogP contribution in [0.2, 0.25) is 0 Å². The van der Waals surface area contributed by atoms with Gasteiger partial charge in [0.1, 0.15) is 0 Å². The first kappa shape index (κ1) is 22.2. The molecule has 2 atom stereocenters. The third-order valence-corrected chi connectivity index (χ3v) is 5.19. The van der Waals surface area contributed by atoms with Gasteiger partial charge in [-0.25, -0.2) is 0 Å². The maximum Gasteiger partial charge on any atom is 0.459 e. The van der Waals surface area contributed by atoms with E-state index in [4.69, 9.17) is 0 Å². The normalized spacial score (nSPS) is 16.6. The van der Waals surface area contributed by atoms with E-state index < -0.39 is 34.3 Å². The zero-order valence-corrected chi connectivity index (χ0v) is 14.8. The fourth-order valence-corrected chi connectivity index (χ4v) is 3.71. The molecule has 0 aliphatic carbocycles. The molecule has 0 heterocycles. The average molecular weight is 450 g/mol. The van der Waals surface area contributed by atoms with Gasteiger partial charge in [-0.15, -0.1) is 0 Å². The van der Waals surface area contributed by atoms with Crippen LogP contribution in [-0.4, -0.2) is 21.9 Å². The first-order valence-electron chi connectivity index (χ1n) is 7.39. The van der Waals surface area contributed by atoms with Crippen LogP contribution < -0.4 is 0 Å². The molecule has 0 fully saturated rings. The number of alkyl halides is 8. The zero-order valence-electron chi connectivity index (χ0n) is 12.6. The lowest BCUT2D eigenvalue weighted by Crippen LogP contribution is -2.57. The Hall–Kier alpha value is 0.240. The maximum atomic E-state index is 13.8. The molecule has 0 saturated carbocycles. The Morgan fingerprint density at radius 3 is 1.73 bits per heavy atom. The van der Waals surface area contributed by atoms with Crippen LogP contribution in [0.5, 0.6) is 0 Å². The number of hydrogen-bond acceptors (Lipinski definition) is 0. The monoisotopic (exact) mass is 450 g/mol. The van der Waals surface area contributed by atoms with Crippen molar-refractivity contribution in [1.29, 1.82) is 0 Å². The smallest absolute Gasteiger partial charge is 0.199 e. The average Bonchev–Trinajstić information content (AvgIpc) is 2.37. The van der Waals surface area contributed by atoms with Crippen LogP contribution in [0.3, 0.4) is 0 Å². The summed E-state index contributed by atoms with van der Waals surface area (Å²) in [6.07, 6.45) is -2.24. The van der Waals surface area contributed by atoms with E-state index in [1.807, 2.05) is 6.92 Å². The van der Waals surface area contributed by atoms with Gasteiger partial charge in [0.25, 0.3) is 0 Å². The minimum Gasteiger partial charge on any atom is -0.199 e. The fourth-order valence-electron chi connectivity index (χ4n) is 2.31. The van der Waals surface area contributed by atoms with Crippen LogP contribution in [0.15, 0.2) is 0 Å². The van der Waals surface area contributed by atoms with Gasteiger partial charge < -0.3 is 0 Å². The lowest BCUT2D eigenvalue weighted by atomic mass is 9.87. The summed E-state index contributed by atoms with van der Waals surface area (Å²) in [6, 6.07) is 0. The number of unbranched alkanes of at least 4 members (excludes halogenated alkanes) is 4. The summed E-state index contributed by atoms with van der Waals surface area (Å²) in [6.45, 7) is 3.22. The van der Waals surface area contributed by atoms with Gasteiger partial charge in [-0.1, -0.05) is 68.5 Å². The Balaban J connectivity index is 4.85. The van der Waals surface area contributed by atoms with E-state index in [1.165, 1.54) is 6.92 Å². The Bertz CT molecular complexity index is 315. The molecule has 134 valence electrons. The van der Waals surface area contributed by atoms with Crippen molar-refractivity contribution in [1.82, 2.24) is 0 Å². The third kappa shape index (κ3) is 5.40. The van der Waals surface area contributed by atoms with Gasteiger partial charge in [-0.05, 0) is 12.8 Å². The van der Waals surface area contributed by atoms with E-state index in [0.717, 1.165) is 25.7 Å². The molecule has 8 heteroatoms. The SMILES string of the molecule is CCCCCCCC(I)C(CC)C(F)(F)C(F)(F)C(F)(F)F. The van der Waals surface area contributed by atoms with Gasteiger partial charge in [0, 0.05) is 9.84 Å². The quantitative estimate of drug-likeness (QED) is 0.145. The summed E-state index contributed by atoms with van der Waals surface area (Å²) in [4.78, 5) is 0. The maximum absolute atomic E-state index is 13.8. The highest BCUT2D eigenvalue weighted by molar-refractivity contribution is 14.1. The zero-order chi connectivity index (χ0) is 17.6. The summed E-state index contributed by atoms with van der Waals surface area (Å²) >= 11 is 1.58. The Labute approximate surface area is 140 Å². The second-order valence-electron chi connectivity index (χ2n) is 5.43. The number of rotatable bonds is 10. The molecule has 2 unspecified atom stereocenters. The van der Waals surface area contributed by atoms with Gasteiger partial charge in [-0.3, -0.25) is 0 Å². The fraction of sp³-hybridized carbons (Fsp3) is 1.00. The highest BCUT2D eigenvalue weighted by atomic mass is 127. The van der Waals surface area contributed by atoms with E-state index in [2.05, 4.69) is 0 Å². The highest BCUT2D eigenvalue weighted by Gasteiger charge is 2.75. The van der Waals surface area contributed by atoms with E-state index in [-0.39, 0.29) is 6.42 Å². The second-order valence-corrected chi connectivity index (χ2v) is 7.03. The first-order chi connectivity index (χ1) is 9.93. The largest absolute Gasteiger partial charge is 0.459 e. The molecule has 0 bridgehead atoms. The van der Waals surface area contributed by atoms with Gasteiger partial charge in [-0.2, -0.15) is 30.7 Å². The van der Waals surface area contributed by atoms with Crippen molar-refractivity contribution in [3.05, 3.63) is 0 Å². The van der Waals surface area contributed by atoms with Gasteiger partial charge in [0.2, 0.25) is 0 Å². The van der Waals surface area contributed by atoms with Crippen LogP contribution >= 0.6 is 22.6 Å². The minimum atomic E-state index is -6.25. The van der Waals surface area contributed by atoms with Crippen LogP contribution in [0, 0.1) is 5.92 Å². The predicted octanol–water partition coefficient (Wildman–Crippen LogP) is 7.01. The van der Waals surface area contributed by atoms with Crippen LogP contribution in [0.1, 0.15) is 58.8 Å². The standard InChI is InChI=1S/C14H22F7I/c1-3-5-6-7-8-9-11(22)10(4-2)12(15,16)13(17,18)14(19,20)21/h10-11H,3-9H2,1-2H3. The Kier molecular flexibility index (Phi) is 9.01. The van der Waals surface area contributed by atoms with Crippen molar-refractivity contribution in [2.75, 3.05) is 0 Å². The van der Waals surface area contributed by atoms with Crippen LogP contribution in [-0.2, 0) is 0 Å². The molecular weight excluding hydrogens is 428 g/mol. The molecule has 0 aromatic heterocycles. The van der Waals surface area contributed by atoms with Crippen LogP contribution in [0.25, 0.3) is 0 Å². The Morgan fingerprint density at radius 2 is 1.32 bits per heavy atom. The predicted molar refractivity (Wildman–Crippen MR) is 80.9 cm³/mol. The van der Waals surface area contributed by atoms with E-state index >= 15 is 0 Å². The molecule has 0 aliphatic rings. The summed E-state index contributed by atoms with van der Waals surface area (Å²) in [5.41, 5.74) is 0. The Morgan fingerprint density at radius 1 is 0.818 bits per heavy atom. The molecular formula is C14H22F7I.